The molecule has 0 radical (unpaired) electrons. The van der Waals surface area contributed by atoms with E-state index in [0.29, 0.717) is 11.5 Å². The zero-order valence-electron chi connectivity index (χ0n) is 46.2. The van der Waals surface area contributed by atoms with Crippen molar-refractivity contribution >= 4 is 33.5 Å². The Balaban J connectivity index is 0.00000640. The molecule has 1 aliphatic carbocycles. The maximum atomic E-state index is 7.19. The number of aromatic nitrogens is 2. The quantitative estimate of drug-likeness (QED) is 0.156. The van der Waals surface area contributed by atoms with E-state index in [1.54, 1.807) is 0 Å². The monoisotopic (exact) mass is 1130 g/mol. The van der Waals surface area contributed by atoms with Crippen LogP contribution in [0.3, 0.4) is 0 Å². The molecule has 2 aliphatic rings. The molecule has 5 nitrogen and oxygen atoms in total. The molecule has 8 aromatic rings. The number of nitrogens with zero attached hydrogens (tertiary/aromatic N) is 4. The first-order valence-electron chi connectivity index (χ1n) is 25.7. The summed E-state index contributed by atoms with van der Waals surface area (Å²) in [7, 11) is 0. The van der Waals surface area contributed by atoms with Crippen molar-refractivity contribution in [1.29, 1.82) is 0 Å². The molecule has 6 aromatic carbocycles. The van der Waals surface area contributed by atoms with Crippen LogP contribution in [0.15, 0.2) is 84.0 Å². The largest absolute Gasteiger partial charge is 2.00 e. The van der Waals surface area contributed by atoms with Crippen LogP contribution in [0.25, 0.3) is 38.8 Å². The average Bonchev–Trinajstić information content (AvgIpc) is 3.81. The number of benzene rings is 6. The van der Waals surface area contributed by atoms with Gasteiger partial charge in [-0.1, -0.05) is 97.5 Å². The molecule has 0 unspecified atom stereocenters. The average molecular weight is 1130 g/mol. The number of ether oxygens (including phenoxy) is 1. The topological polar surface area (TPSA) is 42.6 Å². The SMILES string of the molecule is Cc1cc2c(c(C)c1C)-c1c(cc(C)c(C)c1C)[C@@]1(C)[C@@H]2N=C(c2[c-]c(Oc3[c-]c(-n4c5ccc(C(C)(C)C)cc5c5cccnc54)cc(C(C)(C)C)c3)cc(C(C)C)c2)N1c1c(C)c(C)cc(C)c1C.[Pt+2]. The van der Waals surface area contributed by atoms with Gasteiger partial charge >= 0.3 is 21.1 Å². The molecule has 0 bridgehead atoms. The van der Waals surface area contributed by atoms with E-state index in [2.05, 4.69) is 220 Å². The van der Waals surface area contributed by atoms with Gasteiger partial charge in [0.05, 0.1) is 22.9 Å². The first-order chi connectivity index (χ1) is 33.3. The predicted molar refractivity (Wildman–Crippen MR) is 299 cm³/mol. The predicted octanol–water partition coefficient (Wildman–Crippen LogP) is 17.3. The van der Waals surface area contributed by atoms with Gasteiger partial charge in [0.2, 0.25) is 0 Å². The number of fused-ring (bicyclic) bond motifs is 9. The Morgan fingerprint density at radius 3 is 1.88 bits per heavy atom. The third-order valence-corrected chi connectivity index (χ3v) is 16.8. The summed E-state index contributed by atoms with van der Waals surface area (Å²) in [6.45, 7) is 43.4. The van der Waals surface area contributed by atoms with Crippen LogP contribution in [0.2, 0.25) is 0 Å². The van der Waals surface area contributed by atoms with Gasteiger partial charge in [0, 0.05) is 34.2 Å². The zero-order valence-corrected chi connectivity index (χ0v) is 48.4. The second kappa shape index (κ2) is 17.7. The molecular formula is C66H72N4OPt. The molecule has 6 heteroatoms. The third kappa shape index (κ3) is 7.91. The van der Waals surface area contributed by atoms with E-state index in [1.165, 1.54) is 94.5 Å². The summed E-state index contributed by atoms with van der Waals surface area (Å²) < 4.78 is 9.44. The number of pyridine rings is 1. The zero-order chi connectivity index (χ0) is 51.1. The fourth-order valence-electron chi connectivity index (χ4n) is 11.7. The molecule has 0 fully saturated rings. The van der Waals surface area contributed by atoms with Crippen LogP contribution in [0.1, 0.15) is 163 Å². The van der Waals surface area contributed by atoms with E-state index < -0.39 is 5.54 Å². The van der Waals surface area contributed by atoms with Crippen LogP contribution in [0, 0.1) is 81.4 Å². The summed E-state index contributed by atoms with van der Waals surface area (Å²) in [6, 6.07) is 34.7. The minimum atomic E-state index is -0.582. The van der Waals surface area contributed by atoms with Crippen molar-refractivity contribution in [3.63, 3.8) is 0 Å². The number of hydrogen-bond acceptors (Lipinski definition) is 4. The smallest absolute Gasteiger partial charge is 0.503 e. The Morgan fingerprint density at radius 1 is 0.625 bits per heavy atom. The fraction of sp³-hybridized carbons (Fsp3) is 0.364. The summed E-state index contributed by atoms with van der Waals surface area (Å²) in [5.74, 6) is 2.38. The van der Waals surface area contributed by atoms with Gasteiger partial charge in [0.25, 0.3) is 0 Å². The third-order valence-electron chi connectivity index (χ3n) is 16.8. The molecule has 10 rings (SSSR count). The maximum Gasteiger partial charge on any atom is 2.00 e. The van der Waals surface area contributed by atoms with E-state index in [1.807, 2.05) is 12.3 Å². The number of hydrogen-bond donors (Lipinski definition) is 0. The van der Waals surface area contributed by atoms with Gasteiger partial charge in [-0.05, 0) is 201 Å². The second-order valence-corrected chi connectivity index (χ2v) is 23.7. The van der Waals surface area contributed by atoms with Crippen molar-refractivity contribution in [1.82, 2.24) is 9.55 Å². The molecule has 3 heterocycles. The van der Waals surface area contributed by atoms with Crippen LogP contribution < -0.4 is 9.64 Å². The molecule has 1 aliphatic heterocycles. The Labute approximate surface area is 444 Å². The summed E-state index contributed by atoms with van der Waals surface area (Å²) in [5.41, 5.74) is 26.2. The van der Waals surface area contributed by atoms with Crippen LogP contribution in [-0.4, -0.2) is 15.4 Å². The summed E-state index contributed by atoms with van der Waals surface area (Å²) in [5, 5.41) is 2.29. The minimum Gasteiger partial charge on any atom is -0.503 e. The van der Waals surface area contributed by atoms with E-state index in [9.17, 15) is 0 Å². The molecular weight excluding hydrogens is 1060 g/mol. The standard InChI is InChI=1S/C66H72N4O.Pt/c1-35(2)46-28-47(30-51(29-46)71-52-32-49(65(16,17)18)31-50(34-52)69-57-23-22-48(64(13,14)15)33-54(57)53-21-20-24-67-63(53)69)62-68-61-55-26-38(5)40(7)44(11)58(55)59-45(12)41(8)39(6)27-56(59)66(61,19)70(62)60-42(9)36(3)25-37(4)43(60)10;/h20-29,31-33,35,61H,1-19H3;/q-2;+2/t61-,66+;/m1./s1. The van der Waals surface area contributed by atoms with Crippen LogP contribution >= 0.6 is 0 Å². The Hall–Kier alpha value is -5.77. The van der Waals surface area contributed by atoms with Crippen molar-refractivity contribution < 1.29 is 25.8 Å². The number of aryl methyl sites for hydroxylation is 4. The van der Waals surface area contributed by atoms with E-state index in [0.717, 1.165) is 44.8 Å². The van der Waals surface area contributed by atoms with Gasteiger partial charge in [-0.3, -0.25) is 0 Å². The van der Waals surface area contributed by atoms with Crippen molar-refractivity contribution in [2.24, 2.45) is 4.99 Å². The molecule has 372 valence electrons. The molecule has 0 saturated carbocycles. The van der Waals surface area contributed by atoms with Gasteiger partial charge in [0.15, 0.2) is 0 Å². The van der Waals surface area contributed by atoms with E-state index in [4.69, 9.17) is 14.7 Å². The molecule has 0 saturated heterocycles. The molecule has 2 atom stereocenters. The molecule has 0 amide bonds. The van der Waals surface area contributed by atoms with E-state index in [-0.39, 0.29) is 43.9 Å². The first-order valence-corrected chi connectivity index (χ1v) is 25.7. The van der Waals surface area contributed by atoms with Gasteiger partial charge in [-0.2, -0.15) is 0 Å². The maximum absolute atomic E-state index is 7.19. The Bertz CT molecular complexity index is 3570. The normalized spacial score (nSPS) is 16.5. The van der Waals surface area contributed by atoms with Gasteiger partial charge in [0.1, 0.15) is 5.65 Å². The summed E-state index contributed by atoms with van der Waals surface area (Å²) >= 11 is 0. The summed E-state index contributed by atoms with van der Waals surface area (Å²) in [6.07, 6.45) is 1.89. The van der Waals surface area contributed by atoms with Crippen LogP contribution in [0.5, 0.6) is 11.5 Å². The molecule has 0 N–H and O–H groups in total. The second-order valence-electron chi connectivity index (χ2n) is 23.7. The Morgan fingerprint density at radius 2 is 1.24 bits per heavy atom. The number of amidine groups is 1. The number of anilines is 1. The molecule has 0 spiro atoms. The molecule has 2 aromatic heterocycles. The van der Waals surface area contributed by atoms with Gasteiger partial charge < -0.3 is 19.2 Å². The Kier molecular flexibility index (Phi) is 12.6. The fourth-order valence-corrected chi connectivity index (χ4v) is 11.7. The van der Waals surface area contributed by atoms with Crippen molar-refractivity contribution in [3.05, 3.63) is 180 Å². The van der Waals surface area contributed by atoms with E-state index >= 15 is 0 Å². The van der Waals surface area contributed by atoms with Gasteiger partial charge in [-0.15, -0.1) is 41.0 Å². The first kappa shape index (κ1) is 51.1. The van der Waals surface area contributed by atoms with Crippen molar-refractivity contribution in [3.8, 4) is 28.3 Å². The van der Waals surface area contributed by atoms with Crippen molar-refractivity contribution in [2.45, 2.75) is 160 Å². The van der Waals surface area contributed by atoms with Gasteiger partial charge in [-0.25, -0.2) is 4.98 Å². The number of rotatable bonds is 6. The van der Waals surface area contributed by atoms with Crippen LogP contribution in [-0.2, 0) is 37.4 Å². The van der Waals surface area contributed by atoms with Crippen molar-refractivity contribution in [2.75, 3.05) is 4.90 Å². The van der Waals surface area contributed by atoms with Crippen LogP contribution in [0.4, 0.5) is 5.69 Å². The summed E-state index contributed by atoms with van der Waals surface area (Å²) in [4.78, 5) is 13.7. The minimum absolute atomic E-state index is 0. The number of aliphatic imine (C=N–C) groups is 1. The molecule has 72 heavy (non-hydrogen) atoms.